The first-order chi connectivity index (χ1) is 9.21. The molecule has 0 spiro atoms. The normalized spacial score (nSPS) is 12.6. The van der Waals surface area contributed by atoms with Crippen molar-refractivity contribution >= 4 is 0 Å². The van der Waals surface area contributed by atoms with Gasteiger partial charge in [0.15, 0.2) is 0 Å². The molecule has 0 aliphatic rings. The van der Waals surface area contributed by atoms with Crippen molar-refractivity contribution in [2.24, 2.45) is 5.73 Å². The average Bonchev–Trinajstić information content (AvgIpc) is 2.89. The van der Waals surface area contributed by atoms with Crippen molar-refractivity contribution in [3.63, 3.8) is 0 Å². The van der Waals surface area contributed by atoms with Crippen molar-refractivity contribution in [3.05, 3.63) is 47.3 Å². The predicted molar refractivity (Wildman–Crippen MR) is 79.5 cm³/mol. The Morgan fingerprint density at radius 3 is 2.53 bits per heavy atom. The summed E-state index contributed by atoms with van der Waals surface area (Å²) >= 11 is 0. The summed E-state index contributed by atoms with van der Waals surface area (Å²) in [5.41, 5.74) is 10.9. The Bertz CT molecular complexity index is 543. The maximum atomic E-state index is 6.22. The van der Waals surface area contributed by atoms with Crippen LogP contribution in [0.4, 0.5) is 0 Å². The molecule has 2 rings (SSSR count). The Labute approximate surface area is 115 Å². The fourth-order valence-corrected chi connectivity index (χ4v) is 2.32. The molecule has 0 bridgehead atoms. The highest BCUT2D eigenvalue weighted by molar-refractivity contribution is 5.43. The van der Waals surface area contributed by atoms with Gasteiger partial charge in [-0.3, -0.25) is 0 Å². The third-order valence-electron chi connectivity index (χ3n) is 3.56. The Kier molecular flexibility index (Phi) is 4.38. The second-order valence-corrected chi connectivity index (χ2v) is 4.82. The molecule has 0 aliphatic carbocycles. The SMILES string of the molecule is CCc1cc(CC)n(-c2ccccc2[C@@H](N)CC)n1. The highest BCUT2D eigenvalue weighted by Crippen LogP contribution is 2.23. The van der Waals surface area contributed by atoms with Crippen LogP contribution in [0.25, 0.3) is 5.69 Å². The monoisotopic (exact) mass is 257 g/mol. The molecule has 1 aromatic heterocycles. The number of hydrogen-bond acceptors (Lipinski definition) is 2. The molecule has 102 valence electrons. The van der Waals surface area contributed by atoms with Gasteiger partial charge in [-0.05, 0) is 37.0 Å². The molecule has 19 heavy (non-hydrogen) atoms. The summed E-state index contributed by atoms with van der Waals surface area (Å²) in [5, 5.41) is 4.71. The molecular formula is C16H23N3. The van der Waals surface area contributed by atoms with E-state index in [1.165, 1.54) is 11.3 Å². The van der Waals surface area contributed by atoms with E-state index in [1.807, 2.05) is 12.1 Å². The number of nitrogens with two attached hydrogens (primary N) is 1. The number of aryl methyl sites for hydroxylation is 2. The summed E-state index contributed by atoms with van der Waals surface area (Å²) < 4.78 is 2.06. The second kappa shape index (κ2) is 6.02. The van der Waals surface area contributed by atoms with E-state index >= 15 is 0 Å². The standard InChI is InChI=1S/C16H23N3/c1-4-12-11-13(5-2)19(18-12)16-10-8-7-9-14(16)15(17)6-3/h7-11,15H,4-6,17H2,1-3H3/t15-/m0/s1. The van der Waals surface area contributed by atoms with E-state index < -0.39 is 0 Å². The number of hydrogen-bond donors (Lipinski definition) is 1. The number of nitrogens with zero attached hydrogens (tertiary/aromatic N) is 2. The molecular weight excluding hydrogens is 234 g/mol. The summed E-state index contributed by atoms with van der Waals surface area (Å²) in [5.74, 6) is 0. The average molecular weight is 257 g/mol. The maximum absolute atomic E-state index is 6.22. The van der Waals surface area contributed by atoms with Gasteiger partial charge in [-0.25, -0.2) is 4.68 Å². The molecule has 0 saturated carbocycles. The van der Waals surface area contributed by atoms with E-state index in [9.17, 15) is 0 Å². The minimum atomic E-state index is 0.0650. The maximum Gasteiger partial charge on any atom is 0.0696 e. The quantitative estimate of drug-likeness (QED) is 0.892. The number of aromatic nitrogens is 2. The first kappa shape index (κ1) is 13.8. The fourth-order valence-electron chi connectivity index (χ4n) is 2.32. The zero-order valence-electron chi connectivity index (χ0n) is 12.1. The lowest BCUT2D eigenvalue weighted by atomic mass is 10.0. The van der Waals surface area contributed by atoms with Crippen LogP contribution in [-0.2, 0) is 12.8 Å². The van der Waals surface area contributed by atoms with Gasteiger partial charge in [0.25, 0.3) is 0 Å². The van der Waals surface area contributed by atoms with E-state index in [-0.39, 0.29) is 6.04 Å². The summed E-state index contributed by atoms with van der Waals surface area (Å²) in [7, 11) is 0. The van der Waals surface area contributed by atoms with Gasteiger partial charge in [0, 0.05) is 11.7 Å². The van der Waals surface area contributed by atoms with Crippen LogP contribution < -0.4 is 5.73 Å². The fraction of sp³-hybridized carbons (Fsp3) is 0.438. The van der Waals surface area contributed by atoms with Gasteiger partial charge in [-0.15, -0.1) is 0 Å². The van der Waals surface area contributed by atoms with E-state index in [2.05, 4.69) is 43.7 Å². The minimum Gasteiger partial charge on any atom is -0.324 e. The molecule has 1 atom stereocenters. The summed E-state index contributed by atoms with van der Waals surface area (Å²) in [6.45, 7) is 6.41. The molecule has 1 heterocycles. The van der Waals surface area contributed by atoms with Crippen LogP contribution in [0.15, 0.2) is 30.3 Å². The number of benzene rings is 1. The largest absolute Gasteiger partial charge is 0.324 e. The van der Waals surface area contributed by atoms with Crippen LogP contribution in [0.3, 0.4) is 0 Å². The zero-order chi connectivity index (χ0) is 13.8. The number of rotatable bonds is 5. The lowest BCUT2D eigenvalue weighted by Crippen LogP contribution is -2.14. The van der Waals surface area contributed by atoms with Crippen molar-refractivity contribution in [1.82, 2.24) is 9.78 Å². The second-order valence-electron chi connectivity index (χ2n) is 4.82. The molecule has 0 saturated heterocycles. The van der Waals surface area contributed by atoms with Gasteiger partial charge in [0.1, 0.15) is 0 Å². The van der Waals surface area contributed by atoms with E-state index in [1.54, 1.807) is 0 Å². The highest BCUT2D eigenvalue weighted by Gasteiger charge is 2.14. The summed E-state index contributed by atoms with van der Waals surface area (Å²) in [6, 6.07) is 10.6. The molecule has 0 amide bonds. The topological polar surface area (TPSA) is 43.8 Å². The van der Waals surface area contributed by atoms with Crippen molar-refractivity contribution in [3.8, 4) is 5.69 Å². The number of para-hydroxylation sites is 1. The van der Waals surface area contributed by atoms with Crippen molar-refractivity contribution in [2.45, 2.75) is 46.1 Å². The molecule has 0 aliphatic heterocycles. The molecule has 2 N–H and O–H groups in total. The Hall–Kier alpha value is -1.61. The molecule has 0 radical (unpaired) electrons. The van der Waals surface area contributed by atoms with Crippen LogP contribution in [-0.4, -0.2) is 9.78 Å². The van der Waals surface area contributed by atoms with Crippen molar-refractivity contribution < 1.29 is 0 Å². The Morgan fingerprint density at radius 2 is 1.89 bits per heavy atom. The van der Waals surface area contributed by atoms with E-state index in [0.29, 0.717) is 0 Å². The summed E-state index contributed by atoms with van der Waals surface area (Å²) in [4.78, 5) is 0. The van der Waals surface area contributed by atoms with Gasteiger partial charge in [0.2, 0.25) is 0 Å². The van der Waals surface area contributed by atoms with Gasteiger partial charge in [0.05, 0.1) is 11.4 Å². The van der Waals surface area contributed by atoms with Crippen molar-refractivity contribution in [1.29, 1.82) is 0 Å². The smallest absolute Gasteiger partial charge is 0.0696 e. The third kappa shape index (κ3) is 2.71. The van der Waals surface area contributed by atoms with Gasteiger partial charge >= 0.3 is 0 Å². The van der Waals surface area contributed by atoms with Gasteiger partial charge in [-0.2, -0.15) is 5.10 Å². The Morgan fingerprint density at radius 1 is 1.16 bits per heavy atom. The minimum absolute atomic E-state index is 0.0650. The lowest BCUT2D eigenvalue weighted by Gasteiger charge is -2.16. The lowest BCUT2D eigenvalue weighted by molar-refractivity contribution is 0.680. The van der Waals surface area contributed by atoms with Crippen LogP contribution in [0.1, 0.15) is 50.2 Å². The summed E-state index contributed by atoms with van der Waals surface area (Å²) in [6.07, 6.45) is 2.87. The van der Waals surface area contributed by atoms with E-state index in [0.717, 1.165) is 30.6 Å². The van der Waals surface area contributed by atoms with Gasteiger partial charge in [-0.1, -0.05) is 39.0 Å². The first-order valence-corrected chi connectivity index (χ1v) is 7.13. The predicted octanol–water partition coefficient (Wildman–Crippen LogP) is 3.41. The van der Waals surface area contributed by atoms with Crippen LogP contribution in [0, 0.1) is 0 Å². The molecule has 0 fully saturated rings. The molecule has 0 unspecified atom stereocenters. The Balaban J connectivity index is 2.55. The third-order valence-corrected chi connectivity index (χ3v) is 3.56. The highest BCUT2D eigenvalue weighted by atomic mass is 15.3. The van der Waals surface area contributed by atoms with E-state index in [4.69, 9.17) is 10.8 Å². The molecule has 2 aromatic rings. The molecule has 3 heteroatoms. The van der Waals surface area contributed by atoms with Crippen LogP contribution >= 0.6 is 0 Å². The zero-order valence-corrected chi connectivity index (χ0v) is 12.1. The molecule has 3 nitrogen and oxygen atoms in total. The van der Waals surface area contributed by atoms with Crippen LogP contribution in [0.5, 0.6) is 0 Å². The van der Waals surface area contributed by atoms with Crippen LogP contribution in [0.2, 0.25) is 0 Å². The van der Waals surface area contributed by atoms with Gasteiger partial charge < -0.3 is 5.73 Å². The van der Waals surface area contributed by atoms with Crippen molar-refractivity contribution in [2.75, 3.05) is 0 Å². The molecule has 1 aromatic carbocycles. The first-order valence-electron chi connectivity index (χ1n) is 7.13.